The predicted octanol–water partition coefficient (Wildman–Crippen LogP) is 1.44. The molecule has 6 heteroatoms. The topological polar surface area (TPSA) is 58.9 Å². The molecule has 1 aliphatic carbocycles. The molecular weight excluding hydrogens is 226 g/mol. The van der Waals surface area contributed by atoms with Crippen molar-refractivity contribution in [2.45, 2.75) is 25.8 Å². The first-order chi connectivity index (χ1) is 7.40. The van der Waals surface area contributed by atoms with Gasteiger partial charge >= 0.3 is 0 Å². The molecule has 2 aromatic heterocycles. The van der Waals surface area contributed by atoms with E-state index in [0.717, 1.165) is 23.2 Å². The van der Waals surface area contributed by atoms with Gasteiger partial charge in [0.15, 0.2) is 11.1 Å². The molecule has 1 fully saturated rings. The highest BCUT2D eigenvalue weighted by atomic mass is 35.5. The molecule has 0 spiro atoms. The Morgan fingerprint density at radius 1 is 1.50 bits per heavy atom. The van der Waals surface area contributed by atoms with Crippen LogP contribution in [0, 0.1) is 0 Å². The summed E-state index contributed by atoms with van der Waals surface area (Å²) in [5, 5.41) is 0. The zero-order valence-corrected chi connectivity index (χ0v) is 9.87. The van der Waals surface area contributed by atoms with Crippen molar-refractivity contribution in [1.82, 2.24) is 19.5 Å². The van der Waals surface area contributed by atoms with Crippen LogP contribution >= 0.6 is 12.4 Å². The summed E-state index contributed by atoms with van der Waals surface area (Å²) >= 11 is 0. The van der Waals surface area contributed by atoms with Gasteiger partial charge in [-0.1, -0.05) is 0 Å². The third kappa shape index (κ3) is 1.71. The Morgan fingerprint density at radius 2 is 2.31 bits per heavy atom. The smallest absolute Gasteiger partial charge is 0.176 e. The molecular formula is C10H14ClN5. The summed E-state index contributed by atoms with van der Waals surface area (Å²) in [7, 11) is 0. The number of aromatic amines is 1. The van der Waals surface area contributed by atoms with Crippen molar-refractivity contribution in [2.24, 2.45) is 4.99 Å². The van der Waals surface area contributed by atoms with Crippen LogP contribution in [0.5, 0.6) is 0 Å². The van der Waals surface area contributed by atoms with Gasteiger partial charge in [-0.25, -0.2) is 9.97 Å². The molecule has 2 heterocycles. The minimum atomic E-state index is 0. The van der Waals surface area contributed by atoms with Gasteiger partial charge in [0.2, 0.25) is 0 Å². The quantitative estimate of drug-likeness (QED) is 0.862. The van der Waals surface area contributed by atoms with Crippen molar-refractivity contribution in [3.63, 3.8) is 0 Å². The van der Waals surface area contributed by atoms with E-state index in [0.29, 0.717) is 6.04 Å². The van der Waals surface area contributed by atoms with Crippen molar-refractivity contribution < 1.29 is 0 Å². The number of fused-ring (bicyclic) bond motifs is 1. The molecule has 2 aromatic rings. The van der Waals surface area contributed by atoms with Crippen molar-refractivity contribution in [3.8, 4) is 0 Å². The second kappa shape index (κ2) is 4.25. The molecule has 16 heavy (non-hydrogen) atoms. The highest BCUT2D eigenvalue weighted by Crippen LogP contribution is 2.35. The average molecular weight is 240 g/mol. The maximum Gasteiger partial charge on any atom is 0.176 e. The third-order valence-corrected chi connectivity index (χ3v) is 2.64. The number of aromatic nitrogens is 4. The summed E-state index contributed by atoms with van der Waals surface area (Å²) in [4.78, 5) is 16.1. The van der Waals surface area contributed by atoms with E-state index in [-0.39, 0.29) is 12.4 Å². The summed E-state index contributed by atoms with van der Waals surface area (Å²) in [6.07, 6.45) is 6.03. The molecule has 3 rings (SSSR count). The molecule has 0 aliphatic heterocycles. The van der Waals surface area contributed by atoms with Crippen LogP contribution in [0.3, 0.4) is 0 Å². The summed E-state index contributed by atoms with van der Waals surface area (Å²) in [5.41, 5.74) is 2.69. The number of nitrogens with one attached hydrogen (secondary N) is 1. The summed E-state index contributed by atoms with van der Waals surface area (Å²) in [6, 6.07) is 0.596. The van der Waals surface area contributed by atoms with Crippen molar-refractivity contribution >= 4 is 23.6 Å². The third-order valence-electron chi connectivity index (χ3n) is 2.64. The molecule has 5 nitrogen and oxygen atoms in total. The molecule has 86 valence electrons. The van der Waals surface area contributed by atoms with Crippen LogP contribution in [0.2, 0.25) is 0 Å². The van der Waals surface area contributed by atoms with Crippen LogP contribution in [-0.2, 0) is 0 Å². The van der Waals surface area contributed by atoms with Gasteiger partial charge in [0, 0.05) is 12.6 Å². The fourth-order valence-corrected chi connectivity index (χ4v) is 1.77. The van der Waals surface area contributed by atoms with E-state index in [1.165, 1.54) is 12.8 Å². The molecule has 0 amide bonds. The number of nitrogens with zero attached hydrogens (tertiary/aromatic N) is 4. The van der Waals surface area contributed by atoms with Gasteiger partial charge in [-0.3, -0.25) is 4.99 Å². The molecule has 0 saturated heterocycles. The fraction of sp³-hybridized carbons (Fsp3) is 0.500. The summed E-state index contributed by atoms with van der Waals surface area (Å²) in [6.45, 7) is 2.75. The number of hydrogen-bond donors (Lipinski definition) is 1. The molecule has 0 bridgehead atoms. The number of imidazole rings is 1. The SMILES string of the molecule is CCN=c1ncn(C2CC2)c2nc[nH]c12.Cl. The van der Waals surface area contributed by atoms with E-state index in [2.05, 4.69) is 24.5 Å². The molecule has 0 aromatic carbocycles. The highest BCUT2D eigenvalue weighted by Gasteiger charge is 2.25. The maximum absolute atomic E-state index is 4.36. The minimum absolute atomic E-state index is 0. The number of hydrogen-bond acceptors (Lipinski definition) is 3. The van der Waals surface area contributed by atoms with Crippen LogP contribution in [0.4, 0.5) is 0 Å². The van der Waals surface area contributed by atoms with E-state index in [4.69, 9.17) is 0 Å². The second-order valence-electron chi connectivity index (χ2n) is 3.78. The van der Waals surface area contributed by atoms with E-state index < -0.39 is 0 Å². The maximum atomic E-state index is 4.36. The normalized spacial score (nSPS) is 16.4. The lowest BCUT2D eigenvalue weighted by molar-refractivity contribution is 0.733. The van der Waals surface area contributed by atoms with Crippen LogP contribution in [0.1, 0.15) is 25.8 Å². The lowest BCUT2D eigenvalue weighted by Crippen LogP contribution is -2.14. The average Bonchev–Trinajstić information content (AvgIpc) is 2.96. The van der Waals surface area contributed by atoms with Crippen molar-refractivity contribution in [1.29, 1.82) is 0 Å². The Bertz CT molecular complexity index is 552. The lowest BCUT2D eigenvalue weighted by atomic mass is 10.5. The predicted molar refractivity (Wildman–Crippen MR) is 63.5 cm³/mol. The van der Waals surface area contributed by atoms with Crippen LogP contribution in [0.25, 0.3) is 11.2 Å². The first-order valence-corrected chi connectivity index (χ1v) is 5.31. The van der Waals surface area contributed by atoms with Gasteiger partial charge < -0.3 is 9.55 Å². The number of halogens is 1. The standard InChI is InChI=1S/C10H13N5.ClH/c1-2-11-9-8-10(13-5-12-8)15(6-14-9)7-3-4-7;/h5-7H,2-4H2,1H3,(H,12,13);1H. The largest absolute Gasteiger partial charge is 0.340 e. The molecule has 1 aliphatic rings. The molecule has 1 N–H and O–H groups in total. The van der Waals surface area contributed by atoms with Crippen molar-refractivity contribution in [3.05, 3.63) is 18.1 Å². The first-order valence-electron chi connectivity index (χ1n) is 5.31. The minimum Gasteiger partial charge on any atom is -0.340 e. The van der Waals surface area contributed by atoms with E-state index in [1.54, 1.807) is 6.33 Å². The van der Waals surface area contributed by atoms with E-state index in [1.807, 2.05) is 13.3 Å². The molecule has 0 atom stereocenters. The Kier molecular flexibility index (Phi) is 2.96. The Labute approximate surface area is 99.1 Å². The van der Waals surface area contributed by atoms with Crippen LogP contribution < -0.4 is 5.49 Å². The molecule has 1 saturated carbocycles. The van der Waals surface area contributed by atoms with Crippen LogP contribution in [0.15, 0.2) is 17.6 Å². The summed E-state index contributed by atoms with van der Waals surface area (Å²) in [5.74, 6) is 0. The zero-order valence-electron chi connectivity index (χ0n) is 9.05. The fourth-order valence-electron chi connectivity index (χ4n) is 1.77. The number of rotatable bonds is 2. The zero-order chi connectivity index (χ0) is 10.3. The van der Waals surface area contributed by atoms with Gasteiger partial charge in [0.1, 0.15) is 5.52 Å². The lowest BCUT2D eigenvalue weighted by Gasteiger charge is -2.03. The van der Waals surface area contributed by atoms with Gasteiger partial charge in [0.05, 0.1) is 12.7 Å². The van der Waals surface area contributed by atoms with Crippen LogP contribution in [-0.4, -0.2) is 26.1 Å². The summed E-state index contributed by atoms with van der Waals surface area (Å²) < 4.78 is 2.14. The van der Waals surface area contributed by atoms with Gasteiger partial charge in [-0.05, 0) is 19.8 Å². The Hall–Kier alpha value is -1.36. The monoisotopic (exact) mass is 239 g/mol. The first kappa shape index (κ1) is 11.1. The van der Waals surface area contributed by atoms with Gasteiger partial charge in [-0.15, -0.1) is 12.4 Å². The molecule has 0 unspecified atom stereocenters. The van der Waals surface area contributed by atoms with E-state index in [9.17, 15) is 0 Å². The van der Waals surface area contributed by atoms with Gasteiger partial charge in [-0.2, -0.15) is 0 Å². The van der Waals surface area contributed by atoms with E-state index >= 15 is 0 Å². The molecule has 0 radical (unpaired) electrons. The number of H-pyrrole nitrogens is 1. The van der Waals surface area contributed by atoms with Gasteiger partial charge in [0.25, 0.3) is 0 Å². The Morgan fingerprint density at radius 3 is 3.00 bits per heavy atom. The van der Waals surface area contributed by atoms with Crippen molar-refractivity contribution in [2.75, 3.05) is 6.54 Å². The Balaban J connectivity index is 0.000000963. The second-order valence-corrected chi connectivity index (χ2v) is 3.78. The highest BCUT2D eigenvalue weighted by molar-refractivity contribution is 5.85.